The van der Waals surface area contributed by atoms with Crippen LogP contribution in [0.5, 0.6) is 11.5 Å². The number of amides is 2. The van der Waals surface area contributed by atoms with Crippen molar-refractivity contribution in [1.82, 2.24) is 15.1 Å². The smallest absolute Gasteiger partial charge is 0.277 e. The number of nitrogens with one attached hydrogen (secondary N) is 1. The molecule has 4 aromatic rings. The fourth-order valence-corrected chi connectivity index (χ4v) is 5.02. The molecule has 2 heterocycles. The lowest BCUT2D eigenvalue weighted by Crippen LogP contribution is -2.64. The Labute approximate surface area is 228 Å². The molecule has 0 radical (unpaired) electrons. The first-order chi connectivity index (χ1) is 18.9. The minimum Gasteiger partial charge on any atom is -0.497 e. The number of carbonyl (C=O) groups excluding carboxylic acids is 2. The second kappa shape index (κ2) is 10.6. The summed E-state index contributed by atoms with van der Waals surface area (Å²) >= 11 is 0. The van der Waals surface area contributed by atoms with Gasteiger partial charge < -0.3 is 14.8 Å². The van der Waals surface area contributed by atoms with Crippen molar-refractivity contribution >= 4 is 17.5 Å². The maximum Gasteiger partial charge on any atom is 0.277 e. The molecule has 0 aliphatic carbocycles. The number of benzene rings is 3. The minimum absolute atomic E-state index is 0.193. The highest BCUT2D eigenvalue weighted by Crippen LogP contribution is 2.35. The van der Waals surface area contributed by atoms with Crippen molar-refractivity contribution in [2.75, 3.05) is 19.1 Å². The van der Waals surface area contributed by atoms with Gasteiger partial charge >= 0.3 is 0 Å². The van der Waals surface area contributed by atoms with E-state index in [0.29, 0.717) is 22.8 Å². The third-order valence-corrected chi connectivity index (χ3v) is 7.24. The van der Waals surface area contributed by atoms with Gasteiger partial charge in [0.05, 0.1) is 26.5 Å². The molecule has 1 atom stereocenters. The maximum atomic E-state index is 14.1. The van der Waals surface area contributed by atoms with Crippen molar-refractivity contribution in [2.24, 2.45) is 0 Å². The fraction of sp³-hybridized carbons (Fsp3) is 0.258. The second-order valence-corrected chi connectivity index (χ2v) is 9.73. The zero-order valence-corrected chi connectivity index (χ0v) is 22.6. The van der Waals surface area contributed by atoms with E-state index in [2.05, 4.69) is 12.2 Å². The molecule has 0 saturated heterocycles. The highest BCUT2D eigenvalue weighted by Gasteiger charge is 2.49. The molecule has 200 valence electrons. The Kier molecular flexibility index (Phi) is 7.11. The lowest BCUT2D eigenvalue weighted by molar-refractivity contribution is -0.126. The highest BCUT2D eigenvalue weighted by molar-refractivity contribution is 6.12. The Morgan fingerprint density at radius 3 is 2.49 bits per heavy atom. The average Bonchev–Trinajstić information content (AvgIpc) is 3.40. The zero-order chi connectivity index (χ0) is 27.6. The molecule has 1 aromatic heterocycles. The van der Waals surface area contributed by atoms with E-state index in [1.165, 1.54) is 0 Å². The molecule has 8 heteroatoms. The van der Waals surface area contributed by atoms with Gasteiger partial charge in [-0.05, 0) is 67.4 Å². The lowest BCUT2D eigenvalue weighted by Gasteiger charge is -2.43. The van der Waals surface area contributed by atoms with Gasteiger partial charge in [-0.25, -0.2) is 0 Å². The van der Waals surface area contributed by atoms with Crippen LogP contribution >= 0.6 is 0 Å². The third-order valence-electron chi connectivity index (χ3n) is 7.24. The van der Waals surface area contributed by atoms with E-state index in [-0.39, 0.29) is 24.9 Å². The van der Waals surface area contributed by atoms with Crippen LogP contribution in [-0.4, -0.2) is 41.4 Å². The molecule has 1 aliphatic rings. The number of anilines is 1. The van der Waals surface area contributed by atoms with Crippen molar-refractivity contribution in [3.05, 3.63) is 95.7 Å². The van der Waals surface area contributed by atoms with Crippen molar-refractivity contribution in [2.45, 2.75) is 38.9 Å². The van der Waals surface area contributed by atoms with Crippen molar-refractivity contribution < 1.29 is 19.1 Å². The number of para-hydroxylation sites is 1. The molecule has 1 aliphatic heterocycles. The first kappa shape index (κ1) is 26.0. The van der Waals surface area contributed by atoms with Crippen molar-refractivity contribution in [1.29, 1.82) is 0 Å². The van der Waals surface area contributed by atoms with E-state index in [9.17, 15) is 9.59 Å². The second-order valence-electron chi connectivity index (χ2n) is 9.73. The van der Waals surface area contributed by atoms with Crippen molar-refractivity contribution in [3.63, 3.8) is 0 Å². The van der Waals surface area contributed by atoms with Crippen LogP contribution in [0.1, 0.15) is 35.5 Å². The van der Waals surface area contributed by atoms with Gasteiger partial charge in [0.2, 0.25) is 5.91 Å². The number of aromatic nitrogens is 2. The van der Waals surface area contributed by atoms with Gasteiger partial charge in [0.1, 0.15) is 22.7 Å². The zero-order valence-electron chi connectivity index (χ0n) is 22.6. The summed E-state index contributed by atoms with van der Waals surface area (Å²) in [6.45, 7) is 4.31. The first-order valence-corrected chi connectivity index (χ1v) is 12.9. The van der Waals surface area contributed by atoms with Gasteiger partial charge in [-0.1, -0.05) is 37.3 Å². The van der Waals surface area contributed by atoms with E-state index in [1.807, 2.05) is 72.8 Å². The number of carbonyl (C=O) groups is 2. The number of hydrogen-bond donors (Lipinski definition) is 1. The molecular formula is C31H32N4O4. The van der Waals surface area contributed by atoms with Crippen LogP contribution in [0.25, 0.3) is 11.3 Å². The number of hydrogen-bond acceptors (Lipinski definition) is 5. The van der Waals surface area contributed by atoms with E-state index < -0.39 is 5.54 Å². The Morgan fingerprint density at radius 2 is 1.77 bits per heavy atom. The van der Waals surface area contributed by atoms with E-state index >= 15 is 0 Å². The predicted molar refractivity (Wildman–Crippen MR) is 150 cm³/mol. The topological polar surface area (TPSA) is 85.7 Å². The number of fused-ring (bicyclic) bond motifs is 1. The van der Waals surface area contributed by atoms with Gasteiger partial charge in [-0.2, -0.15) is 5.10 Å². The van der Waals surface area contributed by atoms with Gasteiger partial charge in [-0.3, -0.25) is 19.2 Å². The van der Waals surface area contributed by atoms with Crippen molar-refractivity contribution in [3.8, 4) is 22.8 Å². The molecule has 1 unspecified atom stereocenters. The summed E-state index contributed by atoms with van der Waals surface area (Å²) < 4.78 is 12.4. The summed E-state index contributed by atoms with van der Waals surface area (Å²) in [4.78, 5) is 29.6. The molecule has 0 fully saturated rings. The third kappa shape index (κ3) is 4.85. The lowest BCUT2D eigenvalue weighted by atomic mass is 9.93. The standard InChI is InChI=1S/C31H32N4O4/c1-5-21-9-8-11-24(17-21)35-29(36)27-18-26(22-13-15-25(38-3)16-14-22)33-34(27)20-31(35,2)30(37)32-19-23-10-6-7-12-28(23)39-4/h6-18H,5,19-20H2,1-4H3,(H,32,37). The molecular weight excluding hydrogens is 492 g/mol. The van der Waals surface area contributed by atoms with E-state index in [4.69, 9.17) is 14.6 Å². The van der Waals surface area contributed by atoms with Gasteiger partial charge in [0, 0.05) is 23.4 Å². The van der Waals surface area contributed by atoms with Gasteiger partial charge in [0.25, 0.3) is 5.91 Å². The summed E-state index contributed by atoms with van der Waals surface area (Å²) in [5.41, 5.74) is 3.30. The molecule has 3 aromatic carbocycles. The summed E-state index contributed by atoms with van der Waals surface area (Å²) in [7, 11) is 3.22. The SMILES string of the molecule is CCc1cccc(N2C(=O)c3cc(-c4ccc(OC)cc4)nn3CC2(C)C(=O)NCc2ccccc2OC)c1. The molecule has 5 rings (SSSR count). The molecule has 2 amide bonds. The van der Waals surface area contributed by atoms with Crippen LogP contribution in [-0.2, 0) is 24.3 Å². The number of rotatable bonds is 8. The highest BCUT2D eigenvalue weighted by atomic mass is 16.5. The van der Waals surface area contributed by atoms with Crippen LogP contribution in [0.2, 0.25) is 0 Å². The van der Waals surface area contributed by atoms with Crippen LogP contribution in [0.3, 0.4) is 0 Å². The number of aryl methyl sites for hydroxylation is 1. The maximum absolute atomic E-state index is 14.1. The van der Waals surface area contributed by atoms with Gasteiger partial charge in [0.15, 0.2) is 0 Å². The van der Waals surface area contributed by atoms with E-state index in [0.717, 1.165) is 28.9 Å². The molecule has 0 spiro atoms. The number of methoxy groups -OCH3 is 2. The molecule has 1 N–H and O–H groups in total. The Bertz CT molecular complexity index is 1510. The molecule has 0 bridgehead atoms. The summed E-state index contributed by atoms with van der Waals surface area (Å²) in [6.07, 6.45) is 0.812. The Balaban J connectivity index is 1.54. The predicted octanol–water partition coefficient (Wildman–Crippen LogP) is 4.87. The van der Waals surface area contributed by atoms with E-state index in [1.54, 1.807) is 36.8 Å². The van der Waals surface area contributed by atoms with Crippen LogP contribution < -0.4 is 19.7 Å². The normalized spacial score (nSPS) is 16.5. The largest absolute Gasteiger partial charge is 0.497 e. The van der Waals surface area contributed by atoms with Gasteiger partial charge in [-0.15, -0.1) is 0 Å². The van der Waals surface area contributed by atoms with Crippen LogP contribution in [0.15, 0.2) is 78.9 Å². The molecule has 0 saturated carbocycles. The molecule has 39 heavy (non-hydrogen) atoms. The quantitative estimate of drug-likeness (QED) is 0.356. The van der Waals surface area contributed by atoms with Crippen LogP contribution in [0.4, 0.5) is 5.69 Å². The number of nitrogens with zero attached hydrogens (tertiary/aromatic N) is 3. The van der Waals surface area contributed by atoms with Crippen LogP contribution in [0, 0.1) is 0 Å². The molecule has 8 nitrogen and oxygen atoms in total. The summed E-state index contributed by atoms with van der Waals surface area (Å²) in [5, 5.41) is 7.79. The summed E-state index contributed by atoms with van der Waals surface area (Å²) in [6, 6.07) is 24.6. The number of ether oxygens (including phenoxy) is 2. The Hall–Kier alpha value is -4.59. The monoisotopic (exact) mass is 524 g/mol. The Morgan fingerprint density at radius 1 is 1.00 bits per heavy atom. The fourth-order valence-electron chi connectivity index (χ4n) is 5.02. The first-order valence-electron chi connectivity index (χ1n) is 12.9. The minimum atomic E-state index is -1.23. The summed E-state index contributed by atoms with van der Waals surface area (Å²) in [5.74, 6) is 0.862. The average molecular weight is 525 g/mol.